The van der Waals surface area contributed by atoms with E-state index < -0.39 is 12.1 Å². The Kier molecular flexibility index (Phi) is 55.6. The Morgan fingerprint density at radius 2 is 0.735 bits per heavy atom. The van der Waals surface area contributed by atoms with Crippen LogP contribution in [0.1, 0.15) is 309 Å². The molecule has 6 nitrogen and oxygen atoms in total. The van der Waals surface area contributed by atoms with Crippen molar-refractivity contribution in [3.05, 3.63) is 48.6 Å². The summed E-state index contributed by atoms with van der Waals surface area (Å²) in [5.41, 5.74) is 0. The van der Waals surface area contributed by atoms with Gasteiger partial charge in [0, 0.05) is 12.8 Å². The van der Waals surface area contributed by atoms with Crippen LogP contribution in [0.5, 0.6) is 0 Å². The summed E-state index contributed by atoms with van der Waals surface area (Å²) in [5.74, 6) is -0.0805. The summed E-state index contributed by atoms with van der Waals surface area (Å²) < 4.78 is 5.43. The van der Waals surface area contributed by atoms with Gasteiger partial charge in [0.15, 0.2) is 0 Å². The normalized spacial score (nSPS) is 12.9. The summed E-state index contributed by atoms with van der Waals surface area (Å²) in [4.78, 5) is 24.5. The minimum absolute atomic E-state index is 0.0394. The number of carbonyl (C=O) groups excluding carboxylic acids is 2. The number of hydrogen-bond donors (Lipinski definition) is 3. The fourth-order valence-corrected chi connectivity index (χ4v) is 9.04. The third-order valence-electron chi connectivity index (χ3n) is 13.6. The van der Waals surface area contributed by atoms with Crippen molar-refractivity contribution in [3.63, 3.8) is 0 Å². The fourth-order valence-electron chi connectivity index (χ4n) is 9.04. The molecule has 0 bridgehead atoms. The van der Waals surface area contributed by atoms with Crippen molar-refractivity contribution in [2.45, 2.75) is 321 Å². The molecule has 0 rings (SSSR count). The van der Waals surface area contributed by atoms with Crippen LogP contribution in [0.15, 0.2) is 48.6 Å². The summed E-state index contributed by atoms with van der Waals surface area (Å²) in [6.45, 7) is 4.81. The highest BCUT2D eigenvalue weighted by Gasteiger charge is 2.20. The Morgan fingerprint density at radius 3 is 1.15 bits per heavy atom. The number of allylic oxidation sites excluding steroid dienone is 7. The smallest absolute Gasteiger partial charge is 0.305 e. The first kappa shape index (κ1) is 65.8. The number of aliphatic hydroxyl groups is 2. The van der Waals surface area contributed by atoms with E-state index in [2.05, 4.69) is 67.8 Å². The lowest BCUT2D eigenvalue weighted by molar-refractivity contribution is -0.143. The summed E-state index contributed by atoms with van der Waals surface area (Å²) in [6, 6.07) is -0.545. The number of unbranched alkanes of at least 4 members (excludes halogenated alkanes) is 36. The van der Waals surface area contributed by atoms with Gasteiger partial charge in [-0.1, -0.05) is 268 Å². The molecule has 68 heavy (non-hydrogen) atoms. The molecule has 3 N–H and O–H groups in total. The van der Waals surface area contributed by atoms with Crippen molar-refractivity contribution >= 4 is 11.9 Å². The maximum absolute atomic E-state index is 12.4. The molecular formula is C62H115NO5. The second-order valence-corrected chi connectivity index (χ2v) is 20.3. The van der Waals surface area contributed by atoms with Crippen molar-refractivity contribution in [2.24, 2.45) is 0 Å². The highest BCUT2D eigenvalue weighted by Crippen LogP contribution is 2.17. The Hall–Kier alpha value is -2.18. The number of amides is 1. The third-order valence-corrected chi connectivity index (χ3v) is 13.6. The van der Waals surface area contributed by atoms with Crippen LogP contribution < -0.4 is 5.32 Å². The van der Waals surface area contributed by atoms with Crippen LogP contribution in [-0.4, -0.2) is 47.4 Å². The van der Waals surface area contributed by atoms with E-state index >= 15 is 0 Å². The molecule has 0 heterocycles. The quantitative estimate of drug-likeness (QED) is 0.0321. The van der Waals surface area contributed by atoms with E-state index in [0.717, 1.165) is 57.8 Å². The van der Waals surface area contributed by atoms with Crippen molar-refractivity contribution in [3.8, 4) is 0 Å². The molecule has 2 unspecified atom stereocenters. The first-order valence-corrected chi connectivity index (χ1v) is 29.9. The maximum atomic E-state index is 12.4. The summed E-state index contributed by atoms with van der Waals surface area (Å²) in [7, 11) is 0. The van der Waals surface area contributed by atoms with Crippen molar-refractivity contribution in [1.82, 2.24) is 5.32 Å². The predicted octanol–water partition coefficient (Wildman–Crippen LogP) is 18.6. The number of nitrogens with one attached hydrogen (secondary N) is 1. The van der Waals surface area contributed by atoms with Gasteiger partial charge in [-0.05, 0) is 77.0 Å². The van der Waals surface area contributed by atoms with Gasteiger partial charge in [-0.3, -0.25) is 9.59 Å². The van der Waals surface area contributed by atoms with Gasteiger partial charge in [0.2, 0.25) is 5.91 Å². The zero-order valence-corrected chi connectivity index (χ0v) is 45.3. The molecule has 0 aliphatic carbocycles. The Morgan fingerprint density at radius 1 is 0.412 bits per heavy atom. The van der Waals surface area contributed by atoms with Crippen LogP contribution in [0.25, 0.3) is 0 Å². The summed E-state index contributed by atoms with van der Waals surface area (Å²) >= 11 is 0. The van der Waals surface area contributed by atoms with Crippen molar-refractivity contribution in [2.75, 3.05) is 13.2 Å². The molecule has 398 valence electrons. The second kappa shape index (κ2) is 57.4. The molecule has 0 aromatic rings. The lowest BCUT2D eigenvalue weighted by Gasteiger charge is -2.22. The Balaban J connectivity index is 3.44. The Labute approximate surface area is 423 Å². The van der Waals surface area contributed by atoms with Crippen LogP contribution >= 0.6 is 0 Å². The number of rotatable bonds is 55. The van der Waals surface area contributed by atoms with E-state index in [0.29, 0.717) is 25.9 Å². The summed E-state index contributed by atoms with van der Waals surface area (Å²) in [6.07, 6.45) is 72.7. The van der Waals surface area contributed by atoms with Gasteiger partial charge < -0.3 is 20.3 Å². The number of carbonyl (C=O) groups is 2. The molecule has 0 spiro atoms. The largest absolute Gasteiger partial charge is 0.465 e. The highest BCUT2D eigenvalue weighted by atomic mass is 16.5. The van der Waals surface area contributed by atoms with Crippen molar-refractivity contribution in [1.29, 1.82) is 0 Å². The number of aliphatic hydroxyl groups excluding tert-OH is 2. The van der Waals surface area contributed by atoms with Gasteiger partial charge >= 0.3 is 5.97 Å². The fraction of sp³-hybridized carbons (Fsp3) is 0.839. The van der Waals surface area contributed by atoms with Crippen LogP contribution in [0.2, 0.25) is 0 Å². The van der Waals surface area contributed by atoms with E-state index in [9.17, 15) is 19.8 Å². The standard InChI is InChI=1S/C62H115NO5/c1-3-5-7-9-11-13-15-16-17-18-22-26-29-32-36-40-44-48-52-56-62(67)68-57-53-49-45-41-37-33-30-27-24-21-19-20-23-25-28-31-35-39-43-47-51-55-61(66)63-59(58-64)60(65)54-50-46-42-38-34-14-12-10-8-6-4-2/h11,13,16-17,33,37,45,49,59-60,64-65H,3-10,12,14-15,18-32,34-36,38-44,46-48,50-58H2,1-2H3,(H,63,66)/b13-11-,17-16-,37-33-,49-45-. The van der Waals surface area contributed by atoms with E-state index in [-0.39, 0.29) is 18.5 Å². The molecule has 0 aliphatic rings. The lowest BCUT2D eigenvalue weighted by atomic mass is 10.0. The van der Waals surface area contributed by atoms with Crippen molar-refractivity contribution < 1.29 is 24.5 Å². The maximum Gasteiger partial charge on any atom is 0.305 e. The third kappa shape index (κ3) is 53.2. The molecule has 6 heteroatoms. The monoisotopic (exact) mass is 954 g/mol. The van der Waals surface area contributed by atoms with Crippen LogP contribution in [0, 0.1) is 0 Å². The first-order valence-electron chi connectivity index (χ1n) is 29.9. The van der Waals surface area contributed by atoms with Crippen LogP contribution in [0.3, 0.4) is 0 Å². The number of hydrogen-bond acceptors (Lipinski definition) is 5. The van der Waals surface area contributed by atoms with E-state index in [4.69, 9.17) is 4.74 Å². The van der Waals surface area contributed by atoms with Gasteiger partial charge in [-0.15, -0.1) is 0 Å². The zero-order chi connectivity index (χ0) is 49.3. The van der Waals surface area contributed by atoms with E-state index in [1.165, 1.54) is 218 Å². The average Bonchev–Trinajstić information content (AvgIpc) is 3.34. The topological polar surface area (TPSA) is 95.9 Å². The van der Waals surface area contributed by atoms with Gasteiger partial charge in [0.1, 0.15) is 0 Å². The molecule has 2 atom stereocenters. The van der Waals surface area contributed by atoms with Gasteiger partial charge in [-0.2, -0.15) is 0 Å². The minimum atomic E-state index is -0.667. The summed E-state index contributed by atoms with van der Waals surface area (Å²) in [5, 5.41) is 23.2. The van der Waals surface area contributed by atoms with Gasteiger partial charge in [-0.25, -0.2) is 0 Å². The molecule has 0 aromatic heterocycles. The van der Waals surface area contributed by atoms with E-state index in [1.54, 1.807) is 0 Å². The molecule has 0 saturated carbocycles. The average molecular weight is 955 g/mol. The van der Waals surface area contributed by atoms with E-state index in [1.807, 2.05) is 0 Å². The highest BCUT2D eigenvalue weighted by molar-refractivity contribution is 5.76. The molecule has 1 amide bonds. The number of esters is 1. The molecule has 0 saturated heterocycles. The Bertz CT molecular complexity index is 1150. The SMILES string of the molecule is CCCCC/C=C\C/C=C\CCCCCCCCCCCC(=O)OCC/C=C\C/C=C\CCCCCCCCCCCCCCCCC(=O)NC(CO)C(O)CCCCCCCCCCCCC. The zero-order valence-electron chi connectivity index (χ0n) is 45.3. The number of ether oxygens (including phenoxy) is 1. The van der Waals surface area contributed by atoms with Crippen LogP contribution in [0.4, 0.5) is 0 Å². The molecule has 0 aromatic carbocycles. The van der Waals surface area contributed by atoms with Crippen LogP contribution in [-0.2, 0) is 14.3 Å². The minimum Gasteiger partial charge on any atom is -0.465 e. The lowest BCUT2D eigenvalue weighted by Crippen LogP contribution is -2.45. The molecule has 0 fully saturated rings. The van der Waals surface area contributed by atoms with Gasteiger partial charge in [0.05, 0.1) is 25.4 Å². The molecule has 0 aliphatic heterocycles. The predicted molar refractivity (Wildman–Crippen MR) is 296 cm³/mol. The molecule has 0 radical (unpaired) electrons. The van der Waals surface area contributed by atoms with Gasteiger partial charge in [0.25, 0.3) is 0 Å². The molecular weight excluding hydrogens is 839 g/mol. The second-order valence-electron chi connectivity index (χ2n) is 20.3. The first-order chi connectivity index (χ1) is 33.5.